The van der Waals surface area contributed by atoms with Gasteiger partial charge in [0.25, 0.3) is 0 Å². The maximum absolute atomic E-state index is 6.47. The Bertz CT molecular complexity index is 284. The average Bonchev–Trinajstić information content (AvgIpc) is 2.52. The van der Waals surface area contributed by atoms with Crippen LogP contribution >= 0.6 is 37.9 Å². The molecular formula is C14H35N5S3. The zero-order valence-electron chi connectivity index (χ0n) is 14.4. The molecule has 0 bridgehead atoms. The van der Waals surface area contributed by atoms with Crippen molar-refractivity contribution in [2.75, 3.05) is 50.5 Å². The molecule has 0 spiro atoms. The molecule has 0 aliphatic carbocycles. The lowest BCUT2D eigenvalue weighted by atomic mass is 10.0. The lowest BCUT2D eigenvalue weighted by molar-refractivity contribution is 0.265. The summed E-state index contributed by atoms with van der Waals surface area (Å²) in [5.74, 6) is 2.00. The normalized spacial score (nSPS) is 20.2. The summed E-state index contributed by atoms with van der Waals surface area (Å²) < 4.78 is 0. The molecule has 0 aliphatic heterocycles. The topological polar surface area (TPSA) is 74.1 Å². The van der Waals surface area contributed by atoms with Gasteiger partial charge >= 0.3 is 0 Å². The molecule has 22 heavy (non-hydrogen) atoms. The number of hydrogen-bond donors (Lipinski definition) is 8. The summed E-state index contributed by atoms with van der Waals surface area (Å²) in [5.41, 5.74) is 5.68. The largest absolute Gasteiger partial charge is 0.318 e. The van der Waals surface area contributed by atoms with E-state index in [9.17, 15) is 0 Å². The summed E-state index contributed by atoms with van der Waals surface area (Å²) in [6.07, 6.45) is 0. The predicted molar refractivity (Wildman–Crippen MR) is 109 cm³/mol. The fourth-order valence-corrected chi connectivity index (χ4v) is 2.75. The van der Waals surface area contributed by atoms with Gasteiger partial charge in [0.05, 0.1) is 5.66 Å². The molecule has 0 aromatic rings. The lowest BCUT2D eigenvalue weighted by Gasteiger charge is -2.39. The summed E-state index contributed by atoms with van der Waals surface area (Å²) in [5, 5.41) is 13.6. The number of nitrogens with one attached hydrogen (secondary N) is 4. The van der Waals surface area contributed by atoms with E-state index in [2.05, 4.69) is 79.9 Å². The zero-order valence-corrected chi connectivity index (χ0v) is 17.1. The van der Waals surface area contributed by atoms with E-state index in [-0.39, 0.29) is 11.1 Å². The Balaban J connectivity index is 4.63. The monoisotopic (exact) mass is 369 g/mol. The van der Waals surface area contributed by atoms with Gasteiger partial charge in [0.1, 0.15) is 0 Å². The van der Waals surface area contributed by atoms with Crippen molar-refractivity contribution in [2.45, 2.75) is 37.5 Å². The van der Waals surface area contributed by atoms with Gasteiger partial charge in [-0.1, -0.05) is 6.92 Å². The Hall–Kier alpha value is 0.850. The first-order chi connectivity index (χ1) is 10.2. The fraction of sp³-hybridized carbons (Fsp3) is 1.00. The first-order valence-corrected chi connectivity index (χ1v) is 9.63. The molecule has 3 atom stereocenters. The van der Waals surface area contributed by atoms with Gasteiger partial charge in [0, 0.05) is 48.0 Å². The molecule has 5 nitrogen and oxygen atoms in total. The number of hydrogen-bond acceptors (Lipinski definition) is 8. The minimum absolute atomic E-state index is 0.0940. The van der Waals surface area contributed by atoms with Crippen LogP contribution in [0.2, 0.25) is 0 Å². The van der Waals surface area contributed by atoms with E-state index >= 15 is 0 Å². The van der Waals surface area contributed by atoms with Crippen molar-refractivity contribution in [1.82, 2.24) is 21.3 Å². The maximum atomic E-state index is 6.47. The van der Waals surface area contributed by atoms with Crippen molar-refractivity contribution in [3.63, 3.8) is 0 Å². The van der Waals surface area contributed by atoms with E-state index < -0.39 is 5.66 Å². The fourth-order valence-electron chi connectivity index (χ4n) is 2.08. The standard InChI is InChI=1S/C14H35N5S3/c1-5-17-13(3,10-21)7-19-14(15,11-22)8-18-12(2,9-20)6-16-4/h16-22H,5-11,15H2,1-4H3/t12-,13-,14-/m0/s1. The molecule has 0 aliphatic rings. The summed E-state index contributed by atoms with van der Waals surface area (Å²) in [6, 6.07) is 0. The van der Waals surface area contributed by atoms with E-state index in [0.717, 1.165) is 31.1 Å². The smallest absolute Gasteiger partial charge is 0.0881 e. The van der Waals surface area contributed by atoms with Crippen LogP contribution in [-0.2, 0) is 0 Å². The Morgan fingerprint density at radius 1 is 0.818 bits per heavy atom. The zero-order chi connectivity index (χ0) is 17.3. The van der Waals surface area contributed by atoms with Crippen LogP contribution in [-0.4, -0.2) is 67.2 Å². The van der Waals surface area contributed by atoms with Gasteiger partial charge in [-0.15, -0.1) is 0 Å². The molecule has 6 N–H and O–H groups in total. The summed E-state index contributed by atoms with van der Waals surface area (Å²) in [4.78, 5) is 0. The molecule has 0 amide bonds. The SMILES string of the molecule is CCN[C@](C)(CS)CN[C@](N)(CS)CN[C@](C)(CS)CNC. The molecule has 0 heterocycles. The van der Waals surface area contributed by atoms with Crippen molar-refractivity contribution < 1.29 is 0 Å². The molecule has 0 aromatic carbocycles. The van der Waals surface area contributed by atoms with Crippen molar-refractivity contribution in [1.29, 1.82) is 0 Å². The van der Waals surface area contributed by atoms with Crippen LogP contribution in [0.25, 0.3) is 0 Å². The highest BCUT2D eigenvalue weighted by molar-refractivity contribution is 7.80. The molecule has 0 saturated carbocycles. The molecule has 0 aromatic heterocycles. The second kappa shape index (κ2) is 10.7. The van der Waals surface area contributed by atoms with E-state index in [1.807, 2.05) is 7.05 Å². The highest BCUT2D eigenvalue weighted by atomic mass is 32.1. The Labute approximate surface area is 152 Å². The van der Waals surface area contributed by atoms with Crippen LogP contribution in [0.5, 0.6) is 0 Å². The third kappa shape index (κ3) is 8.10. The Morgan fingerprint density at radius 3 is 1.77 bits per heavy atom. The van der Waals surface area contributed by atoms with E-state index in [4.69, 9.17) is 5.73 Å². The molecule has 0 unspecified atom stereocenters. The first kappa shape index (κ1) is 22.9. The van der Waals surface area contributed by atoms with Crippen LogP contribution < -0.4 is 27.0 Å². The van der Waals surface area contributed by atoms with Gasteiger partial charge in [0.15, 0.2) is 0 Å². The molecular weight excluding hydrogens is 334 g/mol. The van der Waals surface area contributed by atoms with Crippen molar-refractivity contribution in [2.24, 2.45) is 5.73 Å². The van der Waals surface area contributed by atoms with Crippen molar-refractivity contribution in [3.8, 4) is 0 Å². The number of thiol groups is 3. The van der Waals surface area contributed by atoms with Gasteiger partial charge in [0.2, 0.25) is 0 Å². The minimum Gasteiger partial charge on any atom is -0.318 e. The van der Waals surface area contributed by atoms with Crippen LogP contribution in [0, 0.1) is 0 Å². The maximum Gasteiger partial charge on any atom is 0.0881 e. The third-order valence-corrected chi connectivity index (χ3v) is 5.77. The first-order valence-electron chi connectivity index (χ1n) is 7.73. The van der Waals surface area contributed by atoms with Gasteiger partial charge in [-0.25, -0.2) is 0 Å². The molecule has 0 rings (SSSR count). The lowest BCUT2D eigenvalue weighted by Crippen LogP contribution is -2.68. The predicted octanol–water partition coefficient (Wildman–Crippen LogP) is -0.0437. The van der Waals surface area contributed by atoms with E-state index in [1.54, 1.807) is 0 Å². The number of nitrogens with two attached hydrogens (primary N) is 1. The van der Waals surface area contributed by atoms with Crippen molar-refractivity contribution in [3.05, 3.63) is 0 Å². The summed E-state index contributed by atoms with van der Waals surface area (Å²) in [6.45, 7) is 9.43. The van der Waals surface area contributed by atoms with E-state index in [0.29, 0.717) is 12.3 Å². The second-order valence-corrected chi connectivity index (χ2v) is 7.47. The molecule has 8 heteroatoms. The molecule has 0 fully saturated rings. The molecule has 0 saturated heterocycles. The van der Waals surface area contributed by atoms with Crippen LogP contribution in [0.4, 0.5) is 0 Å². The second-order valence-electron chi connectivity index (χ2n) is 6.52. The van der Waals surface area contributed by atoms with Gasteiger partial charge < -0.3 is 21.7 Å². The average molecular weight is 370 g/mol. The highest BCUT2D eigenvalue weighted by Crippen LogP contribution is 2.10. The highest BCUT2D eigenvalue weighted by Gasteiger charge is 2.31. The Kier molecular flexibility index (Phi) is 11.1. The number of likely N-dealkylation sites (N-methyl/N-ethyl adjacent to an activating group) is 2. The van der Waals surface area contributed by atoms with Crippen LogP contribution in [0.1, 0.15) is 20.8 Å². The Morgan fingerprint density at radius 2 is 1.36 bits per heavy atom. The summed E-state index contributed by atoms with van der Waals surface area (Å²) >= 11 is 13.3. The molecule has 0 radical (unpaired) electrons. The van der Waals surface area contributed by atoms with Crippen LogP contribution in [0.15, 0.2) is 0 Å². The quantitative estimate of drug-likeness (QED) is 0.173. The van der Waals surface area contributed by atoms with Crippen LogP contribution in [0.3, 0.4) is 0 Å². The van der Waals surface area contributed by atoms with Gasteiger partial charge in [-0.2, -0.15) is 37.9 Å². The van der Waals surface area contributed by atoms with E-state index in [1.165, 1.54) is 0 Å². The van der Waals surface area contributed by atoms with Crippen molar-refractivity contribution >= 4 is 37.9 Å². The van der Waals surface area contributed by atoms with Gasteiger partial charge in [-0.3, -0.25) is 5.32 Å². The minimum atomic E-state index is -0.583. The third-order valence-electron chi connectivity index (χ3n) is 3.81. The molecule has 134 valence electrons. The number of rotatable bonds is 13. The summed E-state index contributed by atoms with van der Waals surface area (Å²) in [7, 11) is 1.93. The van der Waals surface area contributed by atoms with Gasteiger partial charge in [-0.05, 0) is 27.4 Å².